The number of aryl methyl sites for hydroxylation is 1. The van der Waals surface area contributed by atoms with Gasteiger partial charge < -0.3 is 4.74 Å². The molecule has 4 heteroatoms. The van der Waals surface area contributed by atoms with Gasteiger partial charge in [-0.15, -0.1) is 0 Å². The van der Waals surface area contributed by atoms with E-state index in [0.29, 0.717) is 5.82 Å². The Morgan fingerprint density at radius 1 is 1.50 bits per heavy atom. The maximum absolute atomic E-state index is 11.4. The lowest BCUT2D eigenvalue weighted by Gasteiger charge is -2.19. The second-order valence-electron chi connectivity index (χ2n) is 3.64. The number of carbonyl (C=O) groups excluding carboxylic acids is 1. The third-order valence-corrected chi connectivity index (χ3v) is 2.05. The van der Waals surface area contributed by atoms with Crippen molar-refractivity contribution >= 4 is 5.97 Å². The van der Waals surface area contributed by atoms with Crippen LogP contribution in [0.4, 0.5) is 0 Å². The molecule has 0 radical (unpaired) electrons. The molecule has 0 aromatic carbocycles. The summed E-state index contributed by atoms with van der Waals surface area (Å²) in [6.45, 7) is 5.35. The Hall–Kier alpha value is -1.45. The number of hydrogen-bond acceptors (Lipinski definition) is 4. The number of hydrogen-bond donors (Lipinski definition) is 0. The van der Waals surface area contributed by atoms with Crippen LogP contribution in [0.1, 0.15) is 25.4 Å². The number of carbonyl (C=O) groups is 1. The largest absolute Gasteiger partial charge is 0.468 e. The van der Waals surface area contributed by atoms with E-state index in [1.165, 1.54) is 7.11 Å². The Kier molecular flexibility index (Phi) is 2.84. The Balaban J connectivity index is 3.09. The highest BCUT2D eigenvalue weighted by Gasteiger charge is 2.33. The molecule has 1 aromatic heterocycles. The first-order valence-corrected chi connectivity index (χ1v) is 4.37. The van der Waals surface area contributed by atoms with Crippen LogP contribution in [-0.2, 0) is 14.9 Å². The van der Waals surface area contributed by atoms with Crippen molar-refractivity contribution < 1.29 is 9.53 Å². The first-order chi connectivity index (χ1) is 6.48. The number of methoxy groups -OCH3 is 1. The van der Waals surface area contributed by atoms with Gasteiger partial charge in [0.25, 0.3) is 0 Å². The number of esters is 1. The number of ether oxygens (including phenoxy) is 1. The maximum atomic E-state index is 11.4. The molecule has 1 aromatic rings. The van der Waals surface area contributed by atoms with Crippen LogP contribution in [-0.4, -0.2) is 23.0 Å². The molecule has 4 nitrogen and oxygen atoms in total. The molecule has 0 aliphatic carbocycles. The molecule has 14 heavy (non-hydrogen) atoms. The molecule has 0 bridgehead atoms. The molecule has 0 spiro atoms. The minimum atomic E-state index is -0.791. The van der Waals surface area contributed by atoms with Crippen molar-refractivity contribution in [3.8, 4) is 0 Å². The predicted octanol–water partition coefficient (Wildman–Crippen LogP) is 1.24. The molecule has 0 amide bonds. The minimum absolute atomic E-state index is 0.330. The third kappa shape index (κ3) is 1.89. The first kappa shape index (κ1) is 10.6. The Labute approximate surface area is 83.3 Å². The van der Waals surface area contributed by atoms with Gasteiger partial charge in [-0.2, -0.15) is 0 Å². The van der Waals surface area contributed by atoms with Crippen LogP contribution in [0.3, 0.4) is 0 Å². The zero-order valence-electron chi connectivity index (χ0n) is 8.87. The molecule has 1 rings (SSSR count). The lowest BCUT2D eigenvalue weighted by atomic mass is 9.92. The minimum Gasteiger partial charge on any atom is -0.468 e. The summed E-state index contributed by atoms with van der Waals surface area (Å²) in [6.07, 6.45) is 1.64. The van der Waals surface area contributed by atoms with Crippen molar-refractivity contribution in [2.45, 2.75) is 26.2 Å². The molecule has 0 N–H and O–H groups in total. The lowest BCUT2D eigenvalue weighted by molar-refractivity contribution is -0.146. The van der Waals surface area contributed by atoms with Gasteiger partial charge in [-0.05, 0) is 26.8 Å². The van der Waals surface area contributed by atoms with Crippen LogP contribution in [0.5, 0.6) is 0 Å². The second-order valence-corrected chi connectivity index (χ2v) is 3.64. The SMILES string of the molecule is COC(=O)C(C)(C)c1nccc(C)n1. The Bertz CT molecular complexity index is 348. The van der Waals surface area contributed by atoms with Gasteiger partial charge in [0.05, 0.1) is 7.11 Å². The fourth-order valence-electron chi connectivity index (χ4n) is 1.10. The average Bonchev–Trinajstić information content (AvgIpc) is 2.16. The smallest absolute Gasteiger partial charge is 0.318 e. The van der Waals surface area contributed by atoms with Crippen molar-refractivity contribution in [3.05, 3.63) is 23.8 Å². The predicted molar refractivity (Wildman–Crippen MR) is 51.8 cm³/mol. The van der Waals surface area contributed by atoms with E-state index in [0.717, 1.165) is 5.69 Å². The van der Waals surface area contributed by atoms with Gasteiger partial charge in [0.1, 0.15) is 11.2 Å². The summed E-state index contributed by atoms with van der Waals surface area (Å²) < 4.78 is 4.69. The van der Waals surface area contributed by atoms with E-state index in [2.05, 4.69) is 9.97 Å². The van der Waals surface area contributed by atoms with Crippen molar-refractivity contribution in [3.63, 3.8) is 0 Å². The van der Waals surface area contributed by atoms with E-state index in [9.17, 15) is 4.79 Å². The van der Waals surface area contributed by atoms with Crippen LogP contribution in [0.2, 0.25) is 0 Å². The van der Waals surface area contributed by atoms with E-state index in [1.54, 1.807) is 26.1 Å². The van der Waals surface area contributed by atoms with Crippen molar-refractivity contribution in [2.75, 3.05) is 7.11 Å². The van der Waals surface area contributed by atoms with Gasteiger partial charge in [-0.25, -0.2) is 9.97 Å². The third-order valence-electron chi connectivity index (χ3n) is 2.05. The Morgan fingerprint density at radius 3 is 2.64 bits per heavy atom. The summed E-state index contributed by atoms with van der Waals surface area (Å²) in [5.74, 6) is 0.160. The van der Waals surface area contributed by atoms with Gasteiger partial charge in [0.15, 0.2) is 0 Å². The second kappa shape index (κ2) is 3.74. The van der Waals surface area contributed by atoms with E-state index in [4.69, 9.17) is 4.74 Å². The van der Waals surface area contributed by atoms with Crippen molar-refractivity contribution in [1.82, 2.24) is 9.97 Å². The van der Waals surface area contributed by atoms with Crippen molar-refractivity contribution in [2.24, 2.45) is 0 Å². The molecule has 0 aliphatic rings. The fraction of sp³-hybridized carbons (Fsp3) is 0.500. The summed E-state index contributed by atoms with van der Waals surface area (Å²) in [5, 5.41) is 0. The summed E-state index contributed by atoms with van der Waals surface area (Å²) in [7, 11) is 1.36. The van der Waals surface area contributed by atoms with Gasteiger partial charge >= 0.3 is 5.97 Å². The zero-order chi connectivity index (χ0) is 10.8. The fourth-order valence-corrected chi connectivity index (χ4v) is 1.10. The highest BCUT2D eigenvalue weighted by Crippen LogP contribution is 2.20. The normalized spacial score (nSPS) is 11.1. The molecule has 0 atom stereocenters. The summed E-state index contributed by atoms with van der Waals surface area (Å²) in [5.41, 5.74) is 0.0489. The summed E-state index contributed by atoms with van der Waals surface area (Å²) >= 11 is 0. The average molecular weight is 194 g/mol. The molecule has 0 saturated heterocycles. The highest BCUT2D eigenvalue weighted by molar-refractivity contribution is 5.80. The quantitative estimate of drug-likeness (QED) is 0.664. The summed E-state index contributed by atoms with van der Waals surface area (Å²) in [6, 6.07) is 1.79. The summed E-state index contributed by atoms with van der Waals surface area (Å²) in [4.78, 5) is 19.7. The maximum Gasteiger partial charge on any atom is 0.318 e. The van der Waals surface area contributed by atoms with Crippen LogP contribution < -0.4 is 0 Å². The number of aromatic nitrogens is 2. The first-order valence-electron chi connectivity index (χ1n) is 4.37. The number of nitrogens with zero attached hydrogens (tertiary/aromatic N) is 2. The topological polar surface area (TPSA) is 52.1 Å². The molecule has 0 saturated carbocycles. The van der Waals surface area contributed by atoms with Crippen LogP contribution in [0.25, 0.3) is 0 Å². The van der Waals surface area contributed by atoms with E-state index >= 15 is 0 Å². The van der Waals surface area contributed by atoms with Crippen molar-refractivity contribution in [1.29, 1.82) is 0 Å². The monoisotopic (exact) mass is 194 g/mol. The standard InChI is InChI=1S/C10H14N2O2/c1-7-5-6-11-8(12-7)10(2,3)9(13)14-4/h5-6H,1-4H3. The lowest BCUT2D eigenvalue weighted by Crippen LogP contribution is -2.32. The molecular weight excluding hydrogens is 180 g/mol. The van der Waals surface area contributed by atoms with E-state index in [1.807, 2.05) is 6.92 Å². The molecule has 76 valence electrons. The molecule has 0 aliphatic heterocycles. The Morgan fingerprint density at radius 2 is 2.14 bits per heavy atom. The molecule has 0 fully saturated rings. The zero-order valence-corrected chi connectivity index (χ0v) is 8.87. The van der Waals surface area contributed by atoms with Crippen LogP contribution in [0, 0.1) is 6.92 Å². The number of rotatable bonds is 2. The molecular formula is C10H14N2O2. The van der Waals surface area contributed by atoms with E-state index < -0.39 is 5.41 Å². The van der Waals surface area contributed by atoms with Crippen LogP contribution in [0.15, 0.2) is 12.3 Å². The molecule has 1 heterocycles. The van der Waals surface area contributed by atoms with Crippen LogP contribution >= 0.6 is 0 Å². The van der Waals surface area contributed by atoms with Gasteiger partial charge in [-0.1, -0.05) is 0 Å². The van der Waals surface area contributed by atoms with Gasteiger partial charge in [0.2, 0.25) is 0 Å². The van der Waals surface area contributed by atoms with Gasteiger partial charge in [0, 0.05) is 11.9 Å². The van der Waals surface area contributed by atoms with Gasteiger partial charge in [-0.3, -0.25) is 4.79 Å². The molecule has 0 unspecified atom stereocenters. The highest BCUT2D eigenvalue weighted by atomic mass is 16.5. The van der Waals surface area contributed by atoms with E-state index in [-0.39, 0.29) is 5.97 Å².